The average Bonchev–Trinajstić information content (AvgIpc) is 3.22. The number of imide groups is 1. The Kier molecular flexibility index (Phi) is 6.05. The fourth-order valence-corrected chi connectivity index (χ4v) is 4.74. The molecule has 3 aromatic rings. The largest absolute Gasteiger partial charge is 0.497 e. The lowest BCUT2D eigenvalue weighted by molar-refractivity contribution is -0.113. The van der Waals surface area contributed by atoms with E-state index < -0.39 is 11.9 Å². The van der Waals surface area contributed by atoms with Gasteiger partial charge in [-0.15, -0.1) is 0 Å². The third kappa shape index (κ3) is 4.15. The van der Waals surface area contributed by atoms with E-state index in [1.165, 1.54) is 6.07 Å². The Bertz CT molecular complexity index is 1330. The number of carbonyl (C=O) groups excluding carboxylic acids is 2. The molecule has 1 aliphatic heterocycles. The molecule has 2 amide bonds. The van der Waals surface area contributed by atoms with E-state index in [1.807, 2.05) is 24.5 Å². The summed E-state index contributed by atoms with van der Waals surface area (Å²) in [6, 6.07) is 13.4. The number of amides is 2. The fourth-order valence-electron chi connectivity index (χ4n) is 3.71. The van der Waals surface area contributed by atoms with Crippen molar-refractivity contribution in [1.29, 1.82) is 0 Å². The Morgan fingerprint density at radius 3 is 2.36 bits per heavy atom. The van der Waals surface area contributed by atoms with Crippen molar-refractivity contribution in [3.63, 3.8) is 0 Å². The van der Waals surface area contributed by atoms with Crippen LogP contribution >= 0.6 is 23.4 Å². The van der Waals surface area contributed by atoms with Crippen LogP contribution in [0.3, 0.4) is 0 Å². The summed E-state index contributed by atoms with van der Waals surface area (Å²) in [5.74, 6) is -0.890. The zero-order valence-electron chi connectivity index (χ0n) is 18.0. The normalized spacial score (nSPS) is 14.9. The molecule has 1 fully saturated rings. The van der Waals surface area contributed by atoms with Crippen molar-refractivity contribution in [2.75, 3.05) is 12.0 Å². The van der Waals surface area contributed by atoms with Crippen LogP contribution < -0.4 is 9.64 Å². The number of carboxylic acid groups (broad SMARTS) is 1. The van der Waals surface area contributed by atoms with Gasteiger partial charge in [0, 0.05) is 17.1 Å². The van der Waals surface area contributed by atoms with Crippen molar-refractivity contribution in [2.24, 2.45) is 0 Å². The molecule has 0 radical (unpaired) electrons. The summed E-state index contributed by atoms with van der Waals surface area (Å²) in [6.45, 7) is 3.74. The molecular weight excluding hydrogens is 464 g/mol. The molecule has 0 atom stereocenters. The van der Waals surface area contributed by atoms with Crippen LogP contribution in [0, 0.1) is 13.8 Å². The zero-order chi connectivity index (χ0) is 23.9. The molecule has 7 nitrogen and oxygen atoms in total. The number of anilines is 1. The van der Waals surface area contributed by atoms with Gasteiger partial charge in [-0.1, -0.05) is 11.6 Å². The molecule has 2 heterocycles. The minimum absolute atomic E-state index is 0.00354. The number of hydrogen-bond donors (Lipinski definition) is 1. The number of hydrogen-bond acceptors (Lipinski definition) is 5. The average molecular weight is 483 g/mol. The molecule has 1 saturated heterocycles. The summed E-state index contributed by atoms with van der Waals surface area (Å²) in [6.07, 6.45) is 1.68. The molecule has 4 rings (SSSR count). The summed E-state index contributed by atoms with van der Waals surface area (Å²) in [7, 11) is 1.54. The van der Waals surface area contributed by atoms with Crippen LogP contribution in [0.4, 0.5) is 10.5 Å². The third-order valence-corrected chi connectivity index (χ3v) is 6.52. The van der Waals surface area contributed by atoms with Crippen molar-refractivity contribution in [2.45, 2.75) is 13.8 Å². The number of aromatic nitrogens is 1. The van der Waals surface area contributed by atoms with Crippen LogP contribution in [0.5, 0.6) is 5.75 Å². The summed E-state index contributed by atoms with van der Waals surface area (Å²) in [4.78, 5) is 38.5. The zero-order valence-corrected chi connectivity index (χ0v) is 19.5. The number of ether oxygens (including phenoxy) is 1. The first-order chi connectivity index (χ1) is 15.7. The van der Waals surface area contributed by atoms with Gasteiger partial charge in [-0.05, 0) is 85.8 Å². The number of carboxylic acids is 1. The number of carbonyl (C=O) groups is 3. The van der Waals surface area contributed by atoms with Gasteiger partial charge in [0.05, 0.1) is 28.3 Å². The van der Waals surface area contributed by atoms with E-state index in [1.54, 1.807) is 49.6 Å². The molecule has 168 valence electrons. The Balaban J connectivity index is 1.69. The number of halogens is 1. The Labute approximate surface area is 199 Å². The fraction of sp³-hybridized carbons (Fsp3) is 0.125. The molecule has 0 saturated carbocycles. The number of rotatable bonds is 5. The Morgan fingerprint density at radius 2 is 1.73 bits per heavy atom. The van der Waals surface area contributed by atoms with Gasteiger partial charge in [0.1, 0.15) is 5.75 Å². The molecule has 9 heteroatoms. The summed E-state index contributed by atoms with van der Waals surface area (Å²) >= 11 is 6.88. The predicted octanol–water partition coefficient (Wildman–Crippen LogP) is 5.70. The standard InChI is InChI=1S/C24H19ClN2O5S/c1-13-10-15(14(2)26(13)17-6-9-20(25)19(12-17)23(29)30)11-21-22(28)27(24(31)33-21)16-4-7-18(32-3)8-5-16/h4-12H,1-3H3,(H,29,30)/b21-11-. The number of methoxy groups -OCH3 is 1. The molecule has 0 bridgehead atoms. The second kappa shape index (κ2) is 8.80. The van der Waals surface area contributed by atoms with Crippen molar-refractivity contribution < 1.29 is 24.2 Å². The maximum atomic E-state index is 13.0. The maximum absolute atomic E-state index is 13.0. The lowest BCUT2D eigenvalue weighted by Crippen LogP contribution is -2.27. The number of thioether (sulfide) groups is 1. The van der Waals surface area contributed by atoms with Crippen molar-refractivity contribution in [3.8, 4) is 11.4 Å². The quantitative estimate of drug-likeness (QED) is 0.469. The summed E-state index contributed by atoms with van der Waals surface area (Å²) in [5, 5.41) is 9.16. The topological polar surface area (TPSA) is 88.8 Å². The van der Waals surface area contributed by atoms with Crippen LogP contribution in [0.25, 0.3) is 11.8 Å². The third-order valence-electron chi connectivity index (χ3n) is 5.32. The van der Waals surface area contributed by atoms with E-state index in [9.17, 15) is 19.5 Å². The number of aromatic carboxylic acids is 1. The van der Waals surface area contributed by atoms with Crippen molar-refractivity contribution in [1.82, 2.24) is 4.57 Å². The minimum Gasteiger partial charge on any atom is -0.497 e. The number of benzene rings is 2. The highest BCUT2D eigenvalue weighted by molar-refractivity contribution is 8.19. The number of nitrogens with zero attached hydrogens (tertiary/aromatic N) is 2. The molecule has 33 heavy (non-hydrogen) atoms. The van der Waals surface area contributed by atoms with E-state index in [2.05, 4.69) is 0 Å². The highest BCUT2D eigenvalue weighted by atomic mass is 35.5. The van der Waals surface area contributed by atoms with Crippen LogP contribution in [0.1, 0.15) is 27.3 Å². The predicted molar refractivity (Wildman–Crippen MR) is 129 cm³/mol. The van der Waals surface area contributed by atoms with Crippen LogP contribution in [0.2, 0.25) is 5.02 Å². The lowest BCUT2D eigenvalue weighted by atomic mass is 10.2. The van der Waals surface area contributed by atoms with Gasteiger partial charge in [0.2, 0.25) is 0 Å². The van der Waals surface area contributed by atoms with Crippen LogP contribution in [0.15, 0.2) is 53.4 Å². The summed E-state index contributed by atoms with van der Waals surface area (Å²) < 4.78 is 7.01. The number of aryl methyl sites for hydroxylation is 1. The second-order valence-corrected chi connectivity index (χ2v) is 8.75. The first-order valence-electron chi connectivity index (χ1n) is 9.85. The van der Waals surface area contributed by atoms with E-state index in [0.29, 0.717) is 22.0 Å². The highest BCUT2D eigenvalue weighted by Gasteiger charge is 2.36. The van der Waals surface area contributed by atoms with Gasteiger partial charge < -0.3 is 14.4 Å². The van der Waals surface area contributed by atoms with Gasteiger partial charge in [-0.25, -0.2) is 9.69 Å². The summed E-state index contributed by atoms with van der Waals surface area (Å²) in [5.41, 5.74) is 3.49. The van der Waals surface area contributed by atoms with E-state index in [0.717, 1.165) is 33.6 Å². The monoisotopic (exact) mass is 482 g/mol. The van der Waals surface area contributed by atoms with Crippen molar-refractivity contribution >= 4 is 52.2 Å². The highest BCUT2D eigenvalue weighted by Crippen LogP contribution is 2.37. The Hall–Kier alpha value is -3.49. The van der Waals surface area contributed by atoms with E-state index >= 15 is 0 Å². The molecule has 2 aromatic carbocycles. The first kappa shape index (κ1) is 22.7. The molecule has 0 unspecified atom stereocenters. The maximum Gasteiger partial charge on any atom is 0.337 e. The van der Waals surface area contributed by atoms with Gasteiger partial charge >= 0.3 is 5.97 Å². The molecule has 1 aliphatic rings. The van der Waals surface area contributed by atoms with Gasteiger partial charge in [-0.3, -0.25) is 9.59 Å². The smallest absolute Gasteiger partial charge is 0.337 e. The van der Waals surface area contributed by atoms with Gasteiger partial charge in [0.15, 0.2) is 0 Å². The Morgan fingerprint density at radius 1 is 1.06 bits per heavy atom. The van der Waals surface area contributed by atoms with Gasteiger partial charge in [-0.2, -0.15) is 0 Å². The molecule has 0 spiro atoms. The molecule has 1 N–H and O–H groups in total. The minimum atomic E-state index is -1.11. The first-order valence-corrected chi connectivity index (χ1v) is 11.0. The van der Waals surface area contributed by atoms with E-state index in [-0.39, 0.29) is 15.8 Å². The molecular formula is C24H19ClN2O5S. The molecule has 1 aromatic heterocycles. The SMILES string of the molecule is COc1ccc(N2C(=O)S/C(=C\c3cc(C)n(-c4ccc(Cl)c(C(=O)O)c4)c3C)C2=O)cc1. The van der Waals surface area contributed by atoms with Crippen LogP contribution in [-0.2, 0) is 4.79 Å². The van der Waals surface area contributed by atoms with Crippen molar-refractivity contribution in [3.05, 3.63) is 81.0 Å². The van der Waals surface area contributed by atoms with Gasteiger partial charge in [0.25, 0.3) is 11.1 Å². The van der Waals surface area contributed by atoms with E-state index in [4.69, 9.17) is 16.3 Å². The lowest BCUT2D eigenvalue weighted by Gasteiger charge is -2.12. The van der Waals surface area contributed by atoms with Crippen LogP contribution in [-0.4, -0.2) is 33.9 Å². The second-order valence-electron chi connectivity index (χ2n) is 7.35. The molecule has 0 aliphatic carbocycles.